The van der Waals surface area contributed by atoms with E-state index in [1.54, 1.807) is 7.11 Å². The van der Waals surface area contributed by atoms with Gasteiger partial charge in [-0.05, 0) is 25.7 Å². The molecule has 2 unspecified atom stereocenters. The predicted molar refractivity (Wildman–Crippen MR) is 74.2 cm³/mol. The first-order chi connectivity index (χ1) is 8.28. The summed E-state index contributed by atoms with van der Waals surface area (Å²) in [5, 5.41) is 0. The minimum absolute atomic E-state index is 0.00411. The Morgan fingerprint density at radius 2 is 1.72 bits per heavy atom. The van der Waals surface area contributed by atoms with Crippen molar-refractivity contribution >= 4 is 22.6 Å². The second kappa shape index (κ2) is 8.58. The van der Waals surface area contributed by atoms with Crippen LogP contribution in [0, 0.1) is 0 Å². The van der Waals surface area contributed by atoms with Crippen molar-refractivity contribution in [3.63, 3.8) is 0 Å². The van der Waals surface area contributed by atoms with E-state index in [0.29, 0.717) is 23.4 Å². The van der Waals surface area contributed by atoms with Crippen LogP contribution in [0.15, 0.2) is 0 Å². The van der Waals surface area contributed by atoms with Gasteiger partial charge in [0, 0.05) is 31.2 Å². The average molecular weight is 382 g/mol. The molecule has 6 heteroatoms. The summed E-state index contributed by atoms with van der Waals surface area (Å²) >= 11 is 2.26. The van der Waals surface area contributed by atoms with Crippen molar-refractivity contribution in [1.29, 1.82) is 0 Å². The topological polar surface area (TPSA) is 18.5 Å². The first kappa shape index (κ1) is 18.4. The molecule has 0 saturated carbocycles. The molecule has 110 valence electrons. The van der Waals surface area contributed by atoms with Gasteiger partial charge in [0.1, 0.15) is 0 Å². The van der Waals surface area contributed by atoms with E-state index in [0.717, 1.165) is 6.42 Å². The maximum atomic E-state index is 12.4. The summed E-state index contributed by atoms with van der Waals surface area (Å²) < 4.78 is 47.8. The van der Waals surface area contributed by atoms with Crippen LogP contribution < -0.4 is 0 Å². The number of rotatable bonds is 9. The zero-order chi connectivity index (χ0) is 14.2. The van der Waals surface area contributed by atoms with Crippen LogP contribution in [0.3, 0.4) is 0 Å². The Morgan fingerprint density at radius 3 is 2.11 bits per heavy atom. The Morgan fingerprint density at radius 1 is 1.11 bits per heavy atom. The smallest absolute Gasteiger partial charge is 0.385 e. The Bertz CT molecular complexity index is 224. The summed E-state index contributed by atoms with van der Waals surface area (Å²) in [5.74, 6) is 0. The molecule has 2 nitrogen and oxygen atoms in total. The summed E-state index contributed by atoms with van der Waals surface area (Å²) in [7, 11) is 3.04. The van der Waals surface area contributed by atoms with E-state index in [-0.39, 0.29) is 6.42 Å². The fourth-order valence-corrected chi connectivity index (χ4v) is 2.62. The van der Waals surface area contributed by atoms with E-state index in [1.165, 1.54) is 7.11 Å². The molecule has 0 heterocycles. The molecule has 0 aromatic carbocycles. The molecule has 2 atom stereocenters. The van der Waals surface area contributed by atoms with Gasteiger partial charge in [0.05, 0.1) is 5.60 Å². The lowest BCUT2D eigenvalue weighted by Crippen LogP contribution is -2.37. The minimum atomic E-state index is -4.14. The van der Waals surface area contributed by atoms with Crippen LogP contribution in [0.4, 0.5) is 13.2 Å². The quantitative estimate of drug-likeness (QED) is 0.436. The maximum Gasteiger partial charge on any atom is 0.389 e. The van der Waals surface area contributed by atoms with Crippen molar-refractivity contribution in [2.75, 3.05) is 20.8 Å². The fraction of sp³-hybridized carbons (Fsp3) is 1.00. The van der Waals surface area contributed by atoms with Gasteiger partial charge < -0.3 is 9.47 Å². The average Bonchev–Trinajstić information content (AvgIpc) is 2.31. The van der Waals surface area contributed by atoms with Crippen molar-refractivity contribution in [2.45, 2.75) is 54.7 Å². The summed E-state index contributed by atoms with van der Waals surface area (Å²) in [5.41, 5.74) is -0.729. The Labute approximate surface area is 121 Å². The second-order valence-electron chi connectivity index (χ2n) is 4.45. The van der Waals surface area contributed by atoms with E-state index in [1.807, 2.05) is 6.92 Å². The van der Waals surface area contributed by atoms with E-state index >= 15 is 0 Å². The molecule has 0 N–H and O–H groups in total. The number of hydrogen-bond acceptors (Lipinski definition) is 2. The van der Waals surface area contributed by atoms with Crippen molar-refractivity contribution in [1.82, 2.24) is 0 Å². The number of alkyl halides is 4. The van der Waals surface area contributed by atoms with Gasteiger partial charge in [-0.2, -0.15) is 13.2 Å². The molecular formula is C12H22F3IO2. The number of ether oxygens (including phenoxy) is 2. The Balaban J connectivity index is 4.63. The number of hydrogen-bond donors (Lipinski definition) is 0. The van der Waals surface area contributed by atoms with Gasteiger partial charge in [-0.3, -0.25) is 0 Å². The molecule has 0 aromatic heterocycles. The summed E-state index contributed by atoms with van der Waals surface area (Å²) in [6, 6.07) is 0. The molecule has 0 aliphatic rings. The Hall–Kier alpha value is 0.440. The molecule has 0 aliphatic carbocycles. The molecule has 0 amide bonds. The molecule has 0 bridgehead atoms. The molecule has 18 heavy (non-hydrogen) atoms. The summed E-state index contributed by atoms with van der Waals surface area (Å²) in [6.45, 7) is 2.44. The zero-order valence-electron chi connectivity index (χ0n) is 11.1. The van der Waals surface area contributed by atoms with Gasteiger partial charge in [-0.1, -0.05) is 29.5 Å². The SMILES string of the molecule is CCC(I)CC(CCOC)(CCC(F)(F)F)OC. The zero-order valence-corrected chi connectivity index (χ0v) is 13.3. The molecule has 0 radical (unpaired) electrons. The molecule has 0 rings (SSSR count). The standard InChI is InChI=1S/C12H22F3IO2/c1-4-10(16)9-11(18-3,7-8-17-2)5-6-12(13,14)15/h10H,4-9H2,1-3H3. The van der Waals surface area contributed by atoms with Gasteiger partial charge in [0.25, 0.3) is 0 Å². The number of methoxy groups -OCH3 is 2. The van der Waals surface area contributed by atoms with Crippen molar-refractivity contribution in [3.05, 3.63) is 0 Å². The van der Waals surface area contributed by atoms with Crippen molar-refractivity contribution in [3.8, 4) is 0 Å². The Kier molecular flexibility index (Phi) is 8.79. The van der Waals surface area contributed by atoms with Crippen LogP contribution in [0.1, 0.15) is 39.0 Å². The predicted octanol–water partition coefficient (Wildman–Crippen LogP) is 4.35. The molecule has 0 aliphatic heterocycles. The third-order valence-corrected chi connectivity index (χ3v) is 4.42. The summed E-state index contributed by atoms with van der Waals surface area (Å²) in [4.78, 5) is 0. The molecule has 0 fully saturated rings. The largest absolute Gasteiger partial charge is 0.389 e. The van der Waals surface area contributed by atoms with Gasteiger partial charge in [0.15, 0.2) is 0 Å². The van der Waals surface area contributed by atoms with E-state index in [4.69, 9.17) is 9.47 Å². The molecule has 0 aromatic rings. The van der Waals surface area contributed by atoms with E-state index < -0.39 is 18.2 Å². The molecular weight excluding hydrogens is 360 g/mol. The lowest BCUT2D eigenvalue weighted by atomic mass is 9.88. The molecule has 0 saturated heterocycles. The normalized spacial score (nSPS) is 17.5. The number of halogens is 4. The van der Waals surface area contributed by atoms with Gasteiger partial charge in [-0.25, -0.2) is 0 Å². The van der Waals surface area contributed by atoms with Crippen molar-refractivity contribution < 1.29 is 22.6 Å². The lowest BCUT2D eigenvalue weighted by Gasteiger charge is -2.34. The minimum Gasteiger partial charge on any atom is -0.385 e. The van der Waals surface area contributed by atoms with Crippen LogP contribution in [0.25, 0.3) is 0 Å². The van der Waals surface area contributed by atoms with Crippen LogP contribution in [0.2, 0.25) is 0 Å². The highest BCUT2D eigenvalue weighted by Gasteiger charge is 2.37. The highest BCUT2D eigenvalue weighted by Crippen LogP contribution is 2.35. The van der Waals surface area contributed by atoms with Crippen LogP contribution in [0.5, 0.6) is 0 Å². The first-order valence-electron chi connectivity index (χ1n) is 6.03. The lowest BCUT2D eigenvalue weighted by molar-refractivity contribution is -0.152. The van der Waals surface area contributed by atoms with Crippen molar-refractivity contribution in [2.24, 2.45) is 0 Å². The fourth-order valence-electron chi connectivity index (χ4n) is 1.82. The van der Waals surface area contributed by atoms with Gasteiger partial charge in [0.2, 0.25) is 0 Å². The third-order valence-electron chi connectivity index (χ3n) is 3.10. The maximum absolute atomic E-state index is 12.4. The highest BCUT2D eigenvalue weighted by molar-refractivity contribution is 14.1. The van der Waals surface area contributed by atoms with E-state index in [9.17, 15) is 13.2 Å². The molecule has 0 spiro atoms. The second-order valence-corrected chi connectivity index (χ2v) is 6.22. The monoisotopic (exact) mass is 382 g/mol. The van der Waals surface area contributed by atoms with Crippen LogP contribution in [-0.2, 0) is 9.47 Å². The summed E-state index contributed by atoms with van der Waals surface area (Å²) in [6.07, 6.45) is -2.91. The first-order valence-corrected chi connectivity index (χ1v) is 7.28. The van der Waals surface area contributed by atoms with Gasteiger partial charge >= 0.3 is 6.18 Å². The van der Waals surface area contributed by atoms with E-state index in [2.05, 4.69) is 22.6 Å². The van der Waals surface area contributed by atoms with Crippen LogP contribution in [-0.4, -0.2) is 36.5 Å². The van der Waals surface area contributed by atoms with Crippen LogP contribution >= 0.6 is 22.6 Å². The third kappa shape index (κ3) is 7.78. The highest BCUT2D eigenvalue weighted by atomic mass is 127. The van der Waals surface area contributed by atoms with Gasteiger partial charge in [-0.15, -0.1) is 0 Å².